The molecule has 0 bridgehead atoms. The van der Waals surface area contributed by atoms with Crippen molar-refractivity contribution >= 4 is 57.6 Å². The molecule has 0 saturated heterocycles. The maximum atomic E-state index is 13.6. The Labute approximate surface area is 238 Å². The first-order chi connectivity index (χ1) is 18.2. The lowest BCUT2D eigenvalue weighted by molar-refractivity contribution is -0.139. The Morgan fingerprint density at radius 1 is 1.03 bits per heavy atom. The van der Waals surface area contributed by atoms with E-state index in [1.807, 2.05) is 30.3 Å². The van der Waals surface area contributed by atoms with Crippen LogP contribution in [-0.2, 0) is 10.5 Å². The van der Waals surface area contributed by atoms with Crippen molar-refractivity contribution in [3.63, 3.8) is 0 Å². The number of carbonyl (C=O) groups excluding carboxylic acids is 1. The zero-order valence-electron chi connectivity index (χ0n) is 21.6. The number of thioether (sulfide) groups is 1. The molecule has 0 aliphatic heterocycles. The van der Waals surface area contributed by atoms with E-state index in [1.165, 1.54) is 31.0 Å². The van der Waals surface area contributed by atoms with Gasteiger partial charge < -0.3 is 15.2 Å². The number of carboxylic acids is 1. The molecule has 0 heterocycles. The van der Waals surface area contributed by atoms with Crippen molar-refractivity contribution in [1.29, 1.82) is 0 Å². The van der Waals surface area contributed by atoms with Gasteiger partial charge in [-0.3, -0.25) is 4.79 Å². The van der Waals surface area contributed by atoms with Crippen molar-refractivity contribution in [2.24, 2.45) is 5.92 Å². The number of nitrogens with one attached hydrogen (secondary N) is 1. The molecule has 3 aromatic carbocycles. The number of fused-ring (bicyclic) bond motifs is 1. The van der Waals surface area contributed by atoms with Gasteiger partial charge in [0.25, 0.3) is 5.91 Å². The van der Waals surface area contributed by atoms with Gasteiger partial charge in [0.15, 0.2) is 0 Å². The van der Waals surface area contributed by atoms with Gasteiger partial charge in [0, 0.05) is 25.9 Å². The van der Waals surface area contributed by atoms with E-state index in [2.05, 4.69) is 5.32 Å². The van der Waals surface area contributed by atoms with E-state index in [0.717, 1.165) is 29.2 Å². The van der Waals surface area contributed by atoms with Gasteiger partial charge >= 0.3 is 5.97 Å². The number of aliphatic carboxylic acids is 1. The second-order valence-electron chi connectivity index (χ2n) is 10.3. The third-order valence-corrected chi connectivity index (χ3v) is 9.30. The first-order valence-electron chi connectivity index (χ1n) is 12.9. The predicted molar refractivity (Wildman–Crippen MR) is 157 cm³/mol. The van der Waals surface area contributed by atoms with Crippen LogP contribution in [0.3, 0.4) is 0 Å². The molecule has 2 N–H and O–H groups in total. The van der Waals surface area contributed by atoms with Crippen LogP contribution in [0, 0.1) is 5.92 Å². The second kappa shape index (κ2) is 12.6. The Hall–Kier alpha value is -2.41. The number of carboxylic acid groups (broad SMARTS) is 1. The highest BCUT2D eigenvalue weighted by Crippen LogP contribution is 2.37. The van der Waals surface area contributed by atoms with Crippen LogP contribution in [0.25, 0.3) is 10.8 Å². The summed E-state index contributed by atoms with van der Waals surface area (Å²) >= 11 is 14.0. The Morgan fingerprint density at radius 3 is 2.39 bits per heavy atom. The molecule has 0 radical (unpaired) electrons. The maximum Gasteiger partial charge on any atom is 0.327 e. The van der Waals surface area contributed by atoms with E-state index in [0.29, 0.717) is 39.6 Å². The van der Waals surface area contributed by atoms with Crippen LogP contribution in [0.4, 0.5) is 0 Å². The van der Waals surface area contributed by atoms with E-state index in [-0.39, 0.29) is 0 Å². The molecule has 1 fully saturated rings. The molecule has 0 unspecified atom stereocenters. The minimum atomic E-state index is -1.17. The summed E-state index contributed by atoms with van der Waals surface area (Å²) in [6.45, 7) is 4.13. The number of halogens is 2. The van der Waals surface area contributed by atoms with E-state index in [9.17, 15) is 14.7 Å². The van der Waals surface area contributed by atoms with Gasteiger partial charge in [-0.15, -0.1) is 11.8 Å². The Bertz CT molecular complexity index is 1290. The average Bonchev–Trinajstić information content (AvgIpc) is 2.90. The van der Waals surface area contributed by atoms with E-state index in [1.54, 1.807) is 38.1 Å². The molecular formula is C30H33Cl2NO4S. The van der Waals surface area contributed by atoms with Crippen LogP contribution in [0.5, 0.6) is 5.75 Å². The van der Waals surface area contributed by atoms with Crippen LogP contribution in [0.15, 0.2) is 54.6 Å². The number of hydrogen-bond donors (Lipinski definition) is 2. The van der Waals surface area contributed by atoms with Gasteiger partial charge in [-0.1, -0.05) is 78.9 Å². The SMILES string of the molecule is CC(C)(SCc1c(Cl)cccc1Cl)[C@H](NC(=O)c1ccc2ccccc2c1OCC1CCCCC1)C(=O)O. The summed E-state index contributed by atoms with van der Waals surface area (Å²) in [4.78, 5) is 26.0. The van der Waals surface area contributed by atoms with E-state index >= 15 is 0 Å². The summed E-state index contributed by atoms with van der Waals surface area (Å²) in [6.07, 6.45) is 5.89. The normalized spacial score (nSPS) is 15.3. The standard InChI is InChI=1S/C30H33Cl2NO4S/c1-30(2,38-18-23-24(31)13-8-14-25(23)32)27(29(35)36)33-28(34)22-16-15-20-11-6-7-12-21(20)26(22)37-17-19-9-4-3-5-10-19/h6-8,11-16,19,27H,3-5,9-10,17-18H2,1-2H3,(H,33,34)(H,35,36)/t27-/m1/s1. The van der Waals surface area contributed by atoms with Crippen LogP contribution < -0.4 is 10.1 Å². The molecule has 8 heteroatoms. The highest BCUT2D eigenvalue weighted by molar-refractivity contribution is 7.99. The summed E-state index contributed by atoms with van der Waals surface area (Å²) in [5.74, 6) is -0.240. The average molecular weight is 575 g/mol. The van der Waals surface area contributed by atoms with Gasteiger partial charge in [0.2, 0.25) is 0 Å². The highest BCUT2D eigenvalue weighted by Gasteiger charge is 2.38. The minimum absolute atomic E-state index is 0.334. The van der Waals surface area contributed by atoms with E-state index < -0.39 is 22.7 Å². The molecule has 0 spiro atoms. The molecule has 38 heavy (non-hydrogen) atoms. The fourth-order valence-corrected chi connectivity index (χ4v) is 6.73. The predicted octanol–water partition coefficient (Wildman–Crippen LogP) is 8.00. The molecule has 4 rings (SSSR count). The lowest BCUT2D eigenvalue weighted by Crippen LogP contribution is -2.52. The number of benzene rings is 3. The quantitative estimate of drug-likeness (QED) is 0.257. The van der Waals surface area contributed by atoms with Crippen LogP contribution in [0.1, 0.15) is 61.9 Å². The van der Waals surface area contributed by atoms with Crippen molar-refractivity contribution in [3.05, 3.63) is 75.8 Å². The lowest BCUT2D eigenvalue weighted by Gasteiger charge is -2.32. The first kappa shape index (κ1) is 28.6. The zero-order chi connectivity index (χ0) is 27.3. The fourth-order valence-electron chi connectivity index (χ4n) is 4.89. The van der Waals surface area contributed by atoms with Crippen molar-refractivity contribution in [2.75, 3.05) is 6.61 Å². The number of amides is 1. The third-order valence-electron chi connectivity index (χ3n) is 7.18. The molecule has 1 saturated carbocycles. The van der Waals surface area contributed by atoms with Gasteiger partial charge in [0.05, 0.1) is 12.2 Å². The Balaban J connectivity index is 1.57. The first-order valence-corrected chi connectivity index (χ1v) is 14.7. The Morgan fingerprint density at radius 2 is 1.71 bits per heavy atom. The molecule has 0 aromatic heterocycles. The fraction of sp³-hybridized carbons (Fsp3) is 0.400. The number of hydrogen-bond acceptors (Lipinski definition) is 4. The lowest BCUT2D eigenvalue weighted by atomic mass is 9.90. The van der Waals surface area contributed by atoms with Crippen molar-refractivity contribution in [2.45, 2.75) is 62.5 Å². The molecule has 1 atom stereocenters. The maximum absolute atomic E-state index is 13.6. The van der Waals surface area contributed by atoms with Gasteiger partial charge in [-0.25, -0.2) is 4.79 Å². The number of carbonyl (C=O) groups is 2. The number of rotatable bonds is 10. The van der Waals surface area contributed by atoms with Gasteiger partial charge in [-0.2, -0.15) is 0 Å². The Kier molecular flexibility index (Phi) is 9.50. The van der Waals surface area contributed by atoms with Crippen LogP contribution in [0.2, 0.25) is 10.0 Å². The topological polar surface area (TPSA) is 75.6 Å². The molecule has 5 nitrogen and oxygen atoms in total. The smallest absolute Gasteiger partial charge is 0.327 e. The second-order valence-corrected chi connectivity index (χ2v) is 12.8. The zero-order valence-corrected chi connectivity index (χ0v) is 24.0. The van der Waals surface area contributed by atoms with Crippen LogP contribution in [-0.4, -0.2) is 34.4 Å². The summed E-state index contributed by atoms with van der Waals surface area (Å²) < 4.78 is 5.46. The van der Waals surface area contributed by atoms with Crippen molar-refractivity contribution in [3.8, 4) is 5.75 Å². The summed E-state index contributed by atoms with van der Waals surface area (Å²) in [6, 6.07) is 15.5. The number of ether oxygens (including phenoxy) is 1. The summed E-state index contributed by atoms with van der Waals surface area (Å²) in [7, 11) is 0. The van der Waals surface area contributed by atoms with E-state index in [4.69, 9.17) is 27.9 Å². The third kappa shape index (κ3) is 6.77. The molecule has 1 aliphatic rings. The monoisotopic (exact) mass is 573 g/mol. The summed E-state index contributed by atoms with van der Waals surface area (Å²) in [5, 5.41) is 15.7. The van der Waals surface area contributed by atoms with Gasteiger partial charge in [-0.05, 0) is 61.8 Å². The molecule has 3 aromatic rings. The molecule has 1 amide bonds. The van der Waals surface area contributed by atoms with Gasteiger partial charge in [0.1, 0.15) is 11.8 Å². The molecule has 1 aliphatic carbocycles. The largest absolute Gasteiger partial charge is 0.492 e. The molecular weight excluding hydrogens is 541 g/mol. The molecule has 202 valence electrons. The summed E-state index contributed by atoms with van der Waals surface area (Å²) in [5.41, 5.74) is 1.07. The van der Waals surface area contributed by atoms with Crippen molar-refractivity contribution in [1.82, 2.24) is 5.32 Å². The highest BCUT2D eigenvalue weighted by atomic mass is 35.5. The minimum Gasteiger partial charge on any atom is -0.492 e. The van der Waals surface area contributed by atoms with Crippen molar-refractivity contribution < 1.29 is 19.4 Å². The van der Waals surface area contributed by atoms with Crippen LogP contribution >= 0.6 is 35.0 Å².